The maximum absolute atomic E-state index is 12.8. The number of hydrogen-bond acceptors (Lipinski definition) is 4. The van der Waals surface area contributed by atoms with E-state index in [1.165, 1.54) is 5.56 Å². The van der Waals surface area contributed by atoms with Crippen LogP contribution in [-0.4, -0.2) is 54.6 Å². The van der Waals surface area contributed by atoms with Crippen molar-refractivity contribution in [2.75, 3.05) is 38.1 Å². The summed E-state index contributed by atoms with van der Waals surface area (Å²) in [5.74, 6) is -0.427. The lowest BCUT2D eigenvalue weighted by Crippen LogP contribution is -2.38. The van der Waals surface area contributed by atoms with E-state index in [-0.39, 0.29) is 6.03 Å². The summed E-state index contributed by atoms with van der Waals surface area (Å²) in [5.41, 5.74) is 2.14. The van der Waals surface area contributed by atoms with Crippen molar-refractivity contribution >= 4 is 17.7 Å². The first kappa shape index (κ1) is 19.9. The van der Waals surface area contributed by atoms with Crippen LogP contribution < -0.4 is 5.32 Å². The molecule has 0 aromatic heterocycles. The monoisotopic (exact) mass is 381 g/mol. The standard InChI is InChI=1S/C22H27N3O3/c1-2-28-21(26)19-11-6-7-12-20(19)23-22(27)25-14-8-13-24(15-16-25)17-18-9-4-3-5-10-18/h3-7,9-12H,2,8,13-17H2,1H3,(H,23,27). The Balaban J connectivity index is 1.59. The van der Waals surface area contributed by atoms with Gasteiger partial charge in [0.05, 0.1) is 17.9 Å². The minimum absolute atomic E-state index is 0.182. The number of hydrogen-bond donors (Lipinski definition) is 1. The van der Waals surface area contributed by atoms with Crippen LogP contribution >= 0.6 is 0 Å². The van der Waals surface area contributed by atoms with E-state index in [2.05, 4.69) is 22.3 Å². The molecule has 0 spiro atoms. The van der Waals surface area contributed by atoms with Gasteiger partial charge in [0.2, 0.25) is 0 Å². The van der Waals surface area contributed by atoms with Gasteiger partial charge in [-0.2, -0.15) is 0 Å². The number of para-hydroxylation sites is 1. The average Bonchev–Trinajstić information content (AvgIpc) is 2.95. The Bertz CT molecular complexity index is 795. The third-order valence-electron chi connectivity index (χ3n) is 4.79. The predicted molar refractivity (Wildman–Crippen MR) is 109 cm³/mol. The molecule has 148 valence electrons. The molecule has 1 saturated heterocycles. The zero-order chi connectivity index (χ0) is 19.8. The Morgan fingerprint density at radius 1 is 0.964 bits per heavy atom. The van der Waals surface area contributed by atoms with Crippen molar-refractivity contribution < 1.29 is 14.3 Å². The molecule has 1 aliphatic heterocycles. The van der Waals surface area contributed by atoms with Gasteiger partial charge < -0.3 is 15.0 Å². The third-order valence-corrected chi connectivity index (χ3v) is 4.79. The van der Waals surface area contributed by atoms with Gasteiger partial charge in [-0.3, -0.25) is 4.90 Å². The number of nitrogens with one attached hydrogen (secondary N) is 1. The molecule has 0 saturated carbocycles. The van der Waals surface area contributed by atoms with Crippen molar-refractivity contribution in [3.05, 3.63) is 65.7 Å². The highest BCUT2D eigenvalue weighted by atomic mass is 16.5. The second kappa shape index (κ2) is 9.90. The predicted octanol–water partition coefficient (Wildman–Crippen LogP) is 3.60. The van der Waals surface area contributed by atoms with Crippen LogP contribution in [0.1, 0.15) is 29.3 Å². The third kappa shape index (κ3) is 5.33. The molecule has 0 radical (unpaired) electrons. The molecule has 2 amide bonds. The molecule has 1 heterocycles. The first-order valence-corrected chi connectivity index (χ1v) is 9.75. The SMILES string of the molecule is CCOC(=O)c1ccccc1NC(=O)N1CCCN(Cc2ccccc2)CC1. The molecule has 3 rings (SSSR count). The first-order chi connectivity index (χ1) is 13.7. The van der Waals surface area contributed by atoms with Crippen molar-refractivity contribution in [3.8, 4) is 0 Å². The average molecular weight is 381 g/mol. The molecule has 1 aliphatic rings. The summed E-state index contributed by atoms with van der Waals surface area (Å²) < 4.78 is 5.08. The van der Waals surface area contributed by atoms with Crippen LogP contribution in [-0.2, 0) is 11.3 Å². The molecule has 2 aromatic rings. The second-order valence-electron chi connectivity index (χ2n) is 6.80. The van der Waals surface area contributed by atoms with Gasteiger partial charge in [-0.05, 0) is 31.0 Å². The van der Waals surface area contributed by atoms with Gasteiger partial charge in [0.15, 0.2) is 0 Å². The maximum Gasteiger partial charge on any atom is 0.340 e. The maximum atomic E-state index is 12.8. The number of benzene rings is 2. The van der Waals surface area contributed by atoms with Crippen LogP contribution in [0.4, 0.5) is 10.5 Å². The summed E-state index contributed by atoms with van der Waals surface area (Å²) in [5, 5.41) is 2.88. The number of urea groups is 1. The van der Waals surface area contributed by atoms with E-state index in [1.54, 1.807) is 31.2 Å². The lowest BCUT2D eigenvalue weighted by atomic mass is 10.2. The Labute approximate surface area is 166 Å². The van der Waals surface area contributed by atoms with Crippen molar-refractivity contribution in [2.24, 2.45) is 0 Å². The van der Waals surface area contributed by atoms with Gasteiger partial charge in [-0.25, -0.2) is 9.59 Å². The Hall–Kier alpha value is -2.86. The van der Waals surface area contributed by atoms with Gasteiger partial charge >= 0.3 is 12.0 Å². The normalized spacial score (nSPS) is 15.0. The number of nitrogens with zero attached hydrogens (tertiary/aromatic N) is 2. The lowest BCUT2D eigenvalue weighted by Gasteiger charge is -2.23. The van der Waals surface area contributed by atoms with Crippen LogP contribution in [0.5, 0.6) is 0 Å². The van der Waals surface area contributed by atoms with E-state index in [9.17, 15) is 9.59 Å². The molecule has 6 nitrogen and oxygen atoms in total. The fraction of sp³-hybridized carbons (Fsp3) is 0.364. The molecular formula is C22H27N3O3. The molecule has 0 unspecified atom stereocenters. The van der Waals surface area contributed by atoms with E-state index in [0.717, 1.165) is 26.1 Å². The molecule has 0 bridgehead atoms. The molecular weight excluding hydrogens is 354 g/mol. The number of anilines is 1. The van der Waals surface area contributed by atoms with Gasteiger partial charge in [-0.1, -0.05) is 42.5 Å². The fourth-order valence-corrected chi connectivity index (χ4v) is 3.35. The van der Waals surface area contributed by atoms with Crippen molar-refractivity contribution in [3.63, 3.8) is 0 Å². The van der Waals surface area contributed by atoms with E-state index in [0.29, 0.717) is 30.9 Å². The van der Waals surface area contributed by atoms with Gasteiger partial charge in [0.1, 0.15) is 0 Å². The number of carbonyl (C=O) groups excluding carboxylic acids is 2. The zero-order valence-corrected chi connectivity index (χ0v) is 16.3. The minimum atomic E-state index is -0.427. The van der Waals surface area contributed by atoms with Crippen LogP contribution in [0, 0.1) is 0 Å². The highest BCUT2D eigenvalue weighted by Gasteiger charge is 2.21. The molecule has 1 fully saturated rings. The van der Waals surface area contributed by atoms with Gasteiger partial charge in [-0.15, -0.1) is 0 Å². The van der Waals surface area contributed by atoms with Crippen molar-refractivity contribution in [1.29, 1.82) is 0 Å². The lowest BCUT2D eigenvalue weighted by molar-refractivity contribution is 0.0527. The number of amides is 2. The number of ether oxygens (including phenoxy) is 1. The fourth-order valence-electron chi connectivity index (χ4n) is 3.35. The second-order valence-corrected chi connectivity index (χ2v) is 6.80. The Morgan fingerprint density at radius 2 is 1.71 bits per heavy atom. The Kier molecular flexibility index (Phi) is 7.03. The number of esters is 1. The quantitative estimate of drug-likeness (QED) is 0.804. The van der Waals surface area contributed by atoms with Crippen LogP contribution in [0.3, 0.4) is 0 Å². The van der Waals surface area contributed by atoms with Gasteiger partial charge in [0.25, 0.3) is 0 Å². The highest BCUT2D eigenvalue weighted by Crippen LogP contribution is 2.18. The van der Waals surface area contributed by atoms with E-state index < -0.39 is 5.97 Å². The zero-order valence-electron chi connectivity index (χ0n) is 16.3. The highest BCUT2D eigenvalue weighted by molar-refractivity contribution is 6.00. The van der Waals surface area contributed by atoms with Crippen LogP contribution in [0.15, 0.2) is 54.6 Å². The van der Waals surface area contributed by atoms with Crippen molar-refractivity contribution in [1.82, 2.24) is 9.80 Å². The van der Waals surface area contributed by atoms with Crippen LogP contribution in [0.25, 0.3) is 0 Å². The minimum Gasteiger partial charge on any atom is -0.462 e. The first-order valence-electron chi connectivity index (χ1n) is 9.75. The largest absolute Gasteiger partial charge is 0.462 e. The molecule has 28 heavy (non-hydrogen) atoms. The number of carbonyl (C=O) groups is 2. The van der Waals surface area contributed by atoms with E-state index in [1.807, 2.05) is 23.1 Å². The summed E-state index contributed by atoms with van der Waals surface area (Å²) >= 11 is 0. The van der Waals surface area contributed by atoms with Crippen LogP contribution in [0.2, 0.25) is 0 Å². The smallest absolute Gasteiger partial charge is 0.340 e. The molecule has 0 atom stereocenters. The van der Waals surface area contributed by atoms with E-state index >= 15 is 0 Å². The molecule has 0 aliphatic carbocycles. The summed E-state index contributed by atoms with van der Waals surface area (Å²) in [6.45, 7) is 6.07. The van der Waals surface area contributed by atoms with E-state index in [4.69, 9.17) is 4.74 Å². The Morgan fingerprint density at radius 3 is 2.50 bits per heavy atom. The number of rotatable bonds is 5. The molecule has 1 N–H and O–H groups in total. The molecule has 2 aromatic carbocycles. The van der Waals surface area contributed by atoms with Crippen molar-refractivity contribution in [2.45, 2.75) is 19.9 Å². The summed E-state index contributed by atoms with van der Waals surface area (Å²) in [4.78, 5) is 29.0. The van der Waals surface area contributed by atoms with Gasteiger partial charge in [0, 0.05) is 32.7 Å². The molecule has 6 heteroatoms. The summed E-state index contributed by atoms with van der Waals surface area (Å²) in [6.07, 6.45) is 0.916. The summed E-state index contributed by atoms with van der Waals surface area (Å²) in [6, 6.07) is 17.1. The topological polar surface area (TPSA) is 61.9 Å². The summed E-state index contributed by atoms with van der Waals surface area (Å²) in [7, 11) is 0.